The summed E-state index contributed by atoms with van der Waals surface area (Å²) in [5.41, 5.74) is 5.79. The first-order chi connectivity index (χ1) is 30.2. The van der Waals surface area contributed by atoms with E-state index in [1.807, 2.05) is 13.8 Å². The molecule has 4 aliphatic rings. The van der Waals surface area contributed by atoms with Gasteiger partial charge in [0, 0.05) is 41.6 Å². The molecule has 0 fully saturated rings. The first-order valence-electron chi connectivity index (χ1n) is 23.1. The molecule has 12 heteroatoms. The van der Waals surface area contributed by atoms with Crippen molar-refractivity contribution >= 4 is 17.8 Å². The Morgan fingerprint density at radius 1 is 0.703 bits per heavy atom. The van der Waals surface area contributed by atoms with E-state index in [-0.39, 0.29) is 55.3 Å². The van der Waals surface area contributed by atoms with Gasteiger partial charge in [-0.15, -0.1) is 0 Å². The van der Waals surface area contributed by atoms with Gasteiger partial charge in [0.05, 0.1) is 36.4 Å². The Morgan fingerprint density at radius 2 is 1.17 bits per heavy atom. The lowest BCUT2D eigenvalue weighted by molar-refractivity contribution is -0.142. The molecule has 0 saturated carbocycles. The largest absolute Gasteiger partial charge is 0.508 e. The minimum atomic E-state index is -1.17. The Bertz CT molecular complexity index is 2250. The topological polar surface area (TPSA) is 177 Å². The van der Waals surface area contributed by atoms with Gasteiger partial charge in [-0.2, -0.15) is 0 Å². The second-order valence-corrected chi connectivity index (χ2v) is 19.6. The summed E-state index contributed by atoms with van der Waals surface area (Å²) in [7, 11) is 0. The Morgan fingerprint density at radius 3 is 1.64 bits per heavy atom. The maximum absolute atomic E-state index is 13.9. The van der Waals surface area contributed by atoms with Crippen LogP contribution in [0.3, 0.4) is 0 Å². The number of aliphatic carboxylic acids is 1. The quantitative estimate of drug-likeness (QED) is 0.0675. The molecule has 4 aliphatic heterocycles. The van der Waals surface area contributed by atoms with Crippen molar-refractivity contribution < 1.29 is 49.4 Å². The van der Waals surface area contributed by atoms with Gasteiger partial charge in [0.1, 0.15) is 40.2 Å². The molecule has 348 valence electrons. The first kappa shape index (κ1) is 48.4. The zero-order valence-electron chi connectivity index (χ0n) is 39.2. The fourth-order valence-electron chi connectivity index (χ4n) is 9.56. The van der Waals surface area contributed by atoms with Gasteiger partial charge in [0.2, 0.25) is 0 Å². The summed E-state index contributed by atoms with van der Waals surface area (Å²) in [6, 6.07) is 1.65. The number of carbonyl (C=O) groups is 3. The second-order valence-electron chi connectivity index (χ2n) is 19.6. The Hall–Kier alpha value is -5.07. The number of unbranched alkanes of at least 4 members (excludes halogenated alkanes) is 1. The average molecular weight is 883 g/mol. The van der Waals surface area contributed by atoms with Crippen LogP contribution >= 0.6 is 0 Å². The van der Waals surface area contributed by atoms with Crippen molar-refractivity contribution in [3.05, 3.63) is 92.1 Å². The molecule has 6 rings (SSSR count). The van der Waals surface area contributed by atoms with Crippen molar-refractivity contribution in [2.45, 2.75) is 181 Å². The molecule has 0 bridgehead atoms. The molecule has 64 heavy (non-hydrogen) atoms. The third-order valence-corrected chi connectivity index (χ3v) is 13.8. The van der Waals surface area contributed by atoms with Gasteiger partial charge in [-0.05, 0) is 138 Å². The average Bonchev–Trinajstić information content (AvgIpc) is 3.70. The fraction of sp³-hybridized carbons (Fsp3) is 0.558. The molecule has 0 radical (unpaired) electrons. The summed E-state index contributed by atoms with van der Waals surface area (Å²) in [4.78, 5) is 43.3. The van der Waals surface area contributed by atoms with E-state index in [0.29, 0.717) is 84.4 Å². The molecule has 12 nitrogen and oxygen atoms in total. The number of hydrogen-bond donors (Lipinski definition) is 5. The lowest BCUT2D eigenvalue weighted by Gasteiger charge is -2.41. The summed E-state index contributed by atoms with van der Waals surface area (Å²) in [6.45, 7) is 16.8. The van der Waals surface area contributed by atoms with Crippen molar-refractivity contribution in [3.8, 4) is 23.0 Å². The molecule has 0 unspecified atom stereocenters. The van der Waals surface area contributed by atoms with E-state index >= 15 is 0 Å². The number of carbonyl (C=O) groups excluding carboxylic acids is 2. The molecule has 5 atom stereocenters. The van der Waals surface area contributed by atoms with Gasteiger partial charge in [-0.1, -0.05) is 46.6 Å². The molecule has 0 spiro atoms. The molecule has 4 heterocycles. The van der Waals surface area contributed by atoms with Crippen molar-refractivity contribution in [3.63, 3.8) is 0 Å². The number of hydrogen-bond acceptors (Lipinski definition) is 9. The van der Waals surface area contributed by atoms with Crippen LogP contribution in [0, 0.1) is 0 Å². The van der Waals surface area contributed by atoms with Crippen LogP contribution in [-0.4, -0.2) is 89.1 Å². The maximum Gasteiger partial charge on any atom is 0.326 e. The molecule has 2 aromatic rings. The highest BCUT2D eigenvalue weighted by Crippen LogP contribution is 2.48. The predicted octanol–water partition coefficient (Wildman–Crippen LogP) is 9.39. The molecular formula is C52H70N2O10. The highest BCUT2D eigenvalue weighted by molar-refractivity contribution is 6.02. The smallest absolute Gasteiger partial charge is 0.326 e. The number of amides is 2. The second kappa shape index (κ2) is 20.0. The number of aliphatic hydroxyl groups is 2. The number of fused-ring (bicyclic) bond motifs is 6. The van der Waals surface area contributed by atoms with Gasteiger partial charge in [-0.3, -0.25) is 9.59 Å². The van der Waals surface area contributed by atoms with Gasteiger partial charge in [0.15, 0.2) is 0 Å². The number of rotatable bonds is 19. The molecule has 2 amide bonds. The number of benzene rings is 2. The number of aromatic hydroxyl groups is 2. The number of phenolic OH excluding ortho intramolecular Hbond substituents is 2. The minimum Gasteiger partial charge on any atom is -0.508 e. The minimum absolute atomic E-state index is 0.0163. The lowest BCUT2D eigenvalue weighted by atomic mass is 9.84. The van der Waals surface area contributed by atoms with E-state index in [1.165, 1.54) is 39.3 Å². The van der Waals surface area contributed by atoms with Gasteiger partial charge >= 0.3 is 5.97 Å². The first-order valence-corrected chi connectivity index (χ1v) is 23.1. The molecule has 5 N–H and O–H groups in total. The van der Waals surface area contributed by atoms with Crippen LogP contribution in [0.5, 0.6) is 23.0 Å². The van der Waals surface area contributed by atoms with Crippen LogP contribution in [0.25, 0.3) is 0 Å². The SMILES string of the molecule is CC(C)=CCC/C(C)=C/CC[C@]1(C)Oc2c(c(O)cc3c2CN(CCCC[C@@H](C(=O)O)N2Cc4c(cc(O)c5c4O[C@@](C)(CC/C=C(\C)CCC=C(C)C)[C@@H](O)C5)C2=O)C3=O)C[C@@H]1O. The Kier molecular flexibility index (Phi) is 15.1. The van der Waals surface area contributed by atoms with E-state index in [4.69, 9.17) is 9.47 Å². The van der Waals surface area contributed by atoms with E-state index < -0.39 is 41.3 Å². The number of carboxylic acid groups (broad SMARTS) is 1. The number of allylic oxidation sites excluding steroid dienone is 8. The zero-order chi connectivity index (χ0) is 46.7. The summed E-state index contributed by atoms with van der Waals surface area (Å²) in [5.74, 6) is -1.39. The number of carboxylic acids is 1. The molecular weight excluding hydrogens is 813 g/mol. The molecule has 0 aromatic heterocycles. The maximum atomic E-state index is 13.9. The van der Waals surface area contributed by atoms with E-state index in [0.717, 1.165) is 25.7 Å². The Balaban J connectivity index is 1.08. The van der Waals surface area contributed by atoms with Crippen LogP contribution < -0.4 is 9.47 Å². The molecule has 0 aliphatic carbocycles. The highest BCUT2D eigenvalue weighted by atomic mass is 16.5. The van der Waals surface area contributed by atoms with Crippen LogP contribution in [0.1, 0.15) is 169 Å². The number of phenols is 2. The van der Waals surface area contributed by atoms with Crippen molar-refractivity contribution in [1.82, 2.24) is 9.80 Å². The third-order valence-electron chi connectivity index (χ3n) is 13.8. The Labute approximate surface area is 379 Å². The standard InChI is InChI=1S/C52H70N2O10/c1-31(2)15-11-17-33(5)19-13-22-51(7)44(57)27-37-42(55)25-35-39(46(37)63-51)29-53(48(35)59)24-10-9-21-41(50(61)62)54-30-40-36(49(54)60)26-43(56)38-28-45(58)52(8,64-47(38)40)23-14-20-34(6)18-12-16-32(3)4/h15-16,19-20,25-26,41,44-45,55-58H,9-14,17-18,21-24,27-30H2,1-8H3,(H,61,62)/b33-19+,34-20+/t41-,44-,45-,51-,52-/m0/s1. The fourth-order valence-corrected chi connectivity index (χ4v) is 9.56. The number of aliphatic hydroxyl groups excluding tert-OH is 2. The zero-order valence-corrected chi connectivity index (χ0v) is 39.2. The van der Waals surface area contributed by atoms with Crippen molar-refractivity contribution in [2.24, 2.45) is 0 Å². The van der Waals surface area contributed by atoms with Crippen molar-refractivity contribution in [1.29, 1.82) is 0 Å². The molecule has 0 saturated heterocycles. The van der Waals surface area contributed by atoms with Crippen LogP contribution in [0.2, 0.25) is 0 Å². The monoisotopic (exact) mass is 883 g/mol. The van der Waals surface area contributed by atoms with Crippen LogP contribution in [-0.2, 0) is 30.7 Å². The number of ether oxygens (including phenoxy) is 2. The summed E-state index contributed by atoms with van der Waals surface area (Å²) >= 11 is 0. The van der Waals surface area contributed by atoms with Crippen LogP contribution in [0.4, 0.5) is 0 Å². The number of nitrogens with zero attached hydrogens (tertiary/aromatic N) is 2. The van der Waals surface area contributed by atoms with Crippen LogP contribution in [0.15, 0.2) is 58.7 Å². The predicted molar refractivity (Wildman–Crippen MR) is 247 cm³/mol. The summed E-state index contributed by atoms with van der Waals surface area (Å²) in [6.07, 6.45) is 14.6. The normalized spacial score (nSPS) is 23.2. The lowest BCUT2D eigenvalue weighted by Crippen LogP contribution is -2.49. The van der Waals surface area contributed by atoms with E-state index in [2.05, 4.69) is 65.8 Å². The van der Waals surface area contributed by atoms with Gasteiger partial charge < -0.3 is 44.8 Å². The van der Waals surface area contributed by atoms with Crippen molar-refractivity contribution in [2.75, 3.05) is 6.54 Å². The third kappa shape index (κ3) is 10.5. The highest BCUT2D eigenvalue weighted by Gasteiger charge is 2.47. The summed E-state index contributed by atoms with van der Waals surface area (Å²) < 4.78 is 13.1. The van der Waals surface area contributed by atoms with Gasteiger partial charge in [-0.25, -0.2) is 4.79 Å². The van der Waals surface area contributed by atoms with E-state index in [9.17, 15) is 39.9 Å². The van der Waals surface area contributed by atoms with Gasteiger partial charge in [0.25, 0.3) is 11.8 Å². The van der Waals surface area contributed by atoms with E-state index in [1.54, 1.807) is 4.90 Å². The molecule has 2 aromatic carbocycles. The summed E-state index contributed by atoms with van der Waals surface area (Å²) in [5, 5.41) is 54.9.